The van der Waals surface area contributed by atoms with Gasteiger partial charge in [0, 0.05) is 51.7 Å². The number of hydrogen-bond donors (Lipinski definition) is 2. The van der Waals surface area contributed by atoms with Gasteiger partial charge < -0.3 is 9.72 Å². The number of carbonyl (C=O) groups excluding carboxylic acids is 2. The summed E-state index contributed by atoms with van der Waals surface area (Å²) >= 11 is 0. The normalized spacial score (nSPS) is 15.7. The zero-order valence-electron chi connectivity index (χ0n) is 14.7. The summed E-state index contributed by atoms with van der Waals surface area (Å²) in [6, 6.07) is 5.47. The predicted molar refractivity (Wildman–Crippen MR) is 98.6 cm³/mol. The van der Waals surface area contributed by atoms with Gasteiger partial charge in [-0.15, -0.1) is 6.58 Å². The summed E-state index contributed by atoms with van der Waals surface area (Å²) in [5.74, 6) is -0.291. The van der Waals surface area contributed by atoms with Crippen molar-refractivity contribution >= 4 is 17.6 Å². The lowest BCUT2D eigenvalue weighted by atomic mass is 10.3. The van der Waals surface area contributed by atoms with Gasteiger partial charge in [0.05, 0.1) is 12.2 Å². The molecule has 8 heteroatoms. The second kappa shape index (κ2) is 8.59. The number of imidazole rings is 1. The molecule has 0 aromatic carbocycles. The number of nitrogens with zero attached hydrogens (tertiary/aromatic N) is 4. The van der Waals surface area contributed by atoms with Crippen molar-refractivity contribution in [3.05, 3.63) is 48.9 Å². The van der Waals surface area contributed by atoms with Crippen LogP contribution in [0.2, 0.25) is 0 Å². The zero-order chi connectivity index (χ0) is 18.4. The molecule has 0 atom stereocenters. The highest BCUT2D eigenvalue weighted by Crippen LogP contribution is 2.09. The van der Waals surface area contributed by atoms with Crippen molar-refractivity contribution in [2.24, 2.45) is 0 Å². The van der Waals surface area contributed by atoms with Crippen LogP contribution >= 0.6 is 0 Å². The predicted octanol–water partition coefficient (Wildman–Crippen LogP) is 0.464. The van der Waals surface area contributed by atoms with Crippen LogP contribution in [0.25, 0.3) is 5.65 Å². The van der Waals surface area contributed by atoms with Crippen LogP contribution in [0.3, 0.4) is 0 Å². The van der Waals surface area contributed by atoms with Crippen molar-refractivity contribution in [1.82, 2.24) is 29.8 Å². The number of pyridine rings is 1. The lowest BCUT2D eigenvalue weighted by Gasteiger charge is -2.33. The lowest BCUT2D eigenvalue weighted by molar-refractivity contribution is -0.121. The molecule has 0 radical (unpaired) electrons. The van der Waals surface area contributed by atoms with Crippen molar-refractivity contribution in [1.29, 1.82) is 0 Å². The van der Waals surface area contributed by atoms with Crippen LogP contribution in [-0.4, -0.2) is 70.4 Å². The minimum atomic E-state index is -0.486. The fourth-order valence-electron chi connectivity index (χ4n) is 2.98. The molecule has 8 nitrogen and oxygen atoms in total. The fraction of sp³-hybridized carbons (Fsp3) is 0.389. The third-order valence-electron chi connectivity index (χ3n) is 4.29. The summed E-state index contributed by atoms with van der Waals surface area (Å²) in [5, 5.41) is 4.84. The van der Waals surface area contributed by atoms with E-state index in [1.54, 1.807) is 6.08 Å². The molecule has 26 heavy (non-hydrogen) atoms. The number of nitrogens with one attached hydrogen (secondary N) is 2. The van der Waals surface area contributed by atoms with Crippen LogP contribution < -0.4 is 10.6 Å². The molecule has 2 aromatic heterocycles. The minimum absolute atomic E-state index is 0.226. The van der Waals surface area contributed by atoms with E-state index in [2.05, 4.69) is 38.2 Å². The number of piperazine rings is 1. The number of imide groups is 1. The third-order valence-corrected chi connectivity index (χ3v) is 4.29. The summed E-state index contributed by atoms with van der Waals surface area (Å²) in [5.41, 5.74) is 1.99. The largest absolute Gasteiger partial charge is 0.334 e. The van der Waals surface area contributed by atoms with Crippen molar-refractivity contribution in [3.8, 4) is 0 Å². The summed E-state index contributed by atoms with van der Waals surface area (Å²) in [7, 11) is 0. The van der Waals surface area contributed by atoms with Gasteiger partial charge in [-0.3, -0.25) is 19.9 Å². The zero-order valence-corrected chi connectivity index (χ0v) is 14.7. The van der Waals surface area contributed by atoms with Crippen molar-refractivity contribution in [2.45, 2.75) is 6.54 Å². The van der Waals surface area contributed by atoms with E-state index in [-0.39, 0.29) is 12.5 Å². The van der Waals surface area contributed by atoms with E-state index in [0.717, 1.165) is 44.1 Å². The Morgan fingerprint density at radius 1 is 1.19 bits per heavy atom. The van der Waals surface area contributed by atoms with Gasteiger partial charge in [-0.25, -0.2) is 9.78 Å². The Morgan fingerprint density at radius 3 is 2.69 bits per heavy atom. The monoisotopic (exact) mass is 356 g/mol. The Hall–Kier alpha value is -2.71. The van der Waals surface area contributed by atoms with Crippen LogP contribution in [0.4, 0.5) is 4.79 Å². The van der Waals surface area contributed by atoms with E-state index in [0.29, 0.717) is 6.54 Å². The summed E-state index contributed by atoms with van der Waals surface area (Å²) in [4.78, 5) is 32.3. The standard InChI is InChI=1S/C18H24N6O2/c1-2-6-19-18(26)21-17(25)14-23-10-8-22(9-11-23)12-15-13-24-7-4-3-5-16(24)20-15/h2-5,7,13H,1,6,8-12,14H2,(H2,19,21,25,26). The molecule has 0 bridgehead atoms. The first kappa shape index (κ1) is 18.1. The Bertz CT molecular complexity index is 746. The Morgan fingerprint density at radius 2 is 1.96 bits per heavy atom. The van der Waals surface area contributed by atoms with Crippen LogP contribution in [-0.2, 0) is 11.3 Å². The molecule has 3 amide bonds. The average Bonchev–Trinajstić information content (AvgIpc) is 3.04. The van der Waals surface area contributed by atoms with Gasteiger partial charge in [-0.1, -0.05) is 12.1 Å². The SMILES string of the molecule is C=CCNC(=O)NC(=O)CN1CCN(Cc2cn3ccccc3n2)CC1. The topological polar surface area (TPSA) is 82.0 Å². The van der Waals surface area contributed by atoms with Crippen molar-refractivity contribution in [2.75, 3.05) is 39.3 Å². The molecule has 0 saturated carbocycles. The van der Waals surface area contributed by atoms with Crippen LogP contribution in [0.5, 0.6) is 0 Å². The van der Waals surface area contributed by atoms with Crippen molar-refractivity contribution in [3.63, 3.8) is 0 Å². The first-order valence-electron chi connectivity index (χ1n) is 8.70. The third kappa shape index (κ3) is 4.90. The molecule has 0 aliphatic carbocycles. The number of carbonyl (C=O) groups is 2. The molecular formula is C18H24N6O2. The smallest absolute Gasteiger partial charge is 0.321 e. The highest BCUT2D eigenvalue weighted by Gasteiger charge is 2.20. The molecule has 0 unspecified atom stereocenters. The Kier molecular flexibility index (Phi) is 5.98. The first-order valence-corrected chi connectivity index (χ1v) is 8.70. The Labute approximate surface area is 152 Å². The first-order chi connectivity index (χ1) is 12.6. The van der Waals surface area contributed by atoms with E-state index in [4.69, 9.17) is 0 Å². The van der Waals surface area contributed by atoms with Gasteiger partial charge in [0.1, 0.15) is 5.65 Å². The van der Waals surface area contributed by atoms with Gasteiger partial charge in [0.15, 0.2) is 0 Å². The quantitative estimate of drug-likeness (QED) is 0.735. The summed E-state index contributed by atoms with van der Waals surface area (Å²) < 4.78 is 2.02. The van der Waals surface area contributed by atoms with Crippen molar-refractivity contribution < 1.29 is 9.59 Å². The van der Waals surface area contributed by atoms with Crippen LogP contribution in [0.15, 0.2) is 43.2 Å². The number of fused-ring (bicyclic) bond motifs is 1. The molecule has 2 N–H and O–H groups in total. The second-order valence-corrected chi connectivity index (χ2v) is 6.30. The van der Waals surface area contributed by atoms with E-state index < -0.39 is 6.03 Å². The number of aromatic nitrogens is 2. The van der Waals surface area contributed by atoms with Gasteiger partial charge >= 0.3 is 6.03 Å². The van der Waals surface area contributed by atoms with E-state index in [1.165, 1.54) is 0 Å². The minimum Gasteiger partial charge on any atom is -0.334 e. The maximum absolute atomic E-state index is 11.9. The van der Waals surface area contributed by atoms with E-state index in [1.807, 2.05) is 28.8 Å². The number of rotatable bonds is 6. The van der Waals surface area contributed by atoms with Gasteiger partial charge in [0.25, 0.3) is 0 Å². The molecule has 1 aliphatic rings. The highest BCUT2D eigenvalue weighted by molar-refractivity contribution is 5.95. The molecule has 3 heterocycles. The van der Waals surface area contributed by atoms with Crippen LogP contribution in [0, 0.1) is 0 Å². The second-order valence-electron chi connectivity index (χ2n) is 6.30. The average molecular weight is 356 g/mol. The van der Waals surface area contributed by atoms with Gasteiger partial charge in [0.2, 0.25) is 5.91 Å². The van der Waals surface area contributed by atoms with Gasteiger partial charge in [-0.2, -0.15) is 0 Å². The maximum Gasteiger partial charge on any atom is 0.321 e. The molecule has 1 fully saturated rings. The highest BCUT2D eigenvalue weighted by atomic mass is 16.2. The Balaban J connectivity index is 1.41. The van der Waals surface area contributed by atoms with Gasteiger partial charge in [-0.05, 0) is 12.1 Å². The molecule has 138 valence electrons. The molecule has 2 aromatic rings. The number of urea groups is 1. The lowest BCUT2D eigenvalue weighted by Crippen LogP contribution is -2.50. The summed E-state index contributed by atoms with van der Waals surface area (Å²) in [6.45, 7) is 8.17. The molecule has 1 aliphatic heterocycles. The number of amides is 3. The molecular weight excluding hydrogens is 332 g/mol. The van der Waals surface area contributed by atoms with E-state index >= 15 is 0 Å². The van der Waals surface area contributed by atoms with E-state index in [9.17, 15) is 9.59 Å². The number of hydrogen-bond acceptors (Lipinski definition) is 5. The molecule has 0 spiro atoms. The maximum atomic E-state index is 11.9. The molecule has 3 rings (SSSR count). The fourth-order valence-corrected chi connectivity index (χ4v) is 2.98. The van der Waals surface area contributed by atoms with Crippen LogP contribution in [0.1, 0.15) is 5.69 Å². The molecule has 1 saturated heterocycles. The summed E-state index contributed by atoms with van der Waals surface area (Å²) in [6.07, 6.45) is 5.61.